The molecule has 164 valence electrons. The molecule has 3 rings (SSSR count). The van der Waals surface area contributed by atoms with Gasteiger partial charge >= 0.3 is 0 Å². The van der Waals surface area contributed by atoms with Crippen LogP contribution in [0.4, 0.5) is 0 Å². The summed E-state index contributed by atoms with van der Waals surface area (Å²) in [6, 6.07) is 10.6. The van der Waals surface area contributed by atoms with E-state index in [1.54, 1.807) is 0 Å². The Hall–Kier alpha value is -2.14. The third kappa shape index (κ3) is 5.94. The fraction of sp³-hybridized carbons (Fsp3) is 0.600. The maximum atomic E-state index is 12.9. The molecule has 5 nitrogen and oxygen atoms in total. The van der Waals surface area contributed by atoms with E-state index in [0.29, 0.717) is 18.4 Å². The first kappa shape index (κ1) is 22.5. The van der Waals surface area contributed by atoms with Gasteiger partial charge in [0, 0.05) is 32.1 Å². The van der Waals surface area contributed by atoms with E-state index in [-0.39, 0.29) is 17.9 Å². The van der Waals surface area contributed by atoms with Gasteiger partial charge in [-0.25, -0.2) is 0 Å². The number of carbonyl (C=O) groups is 2. The molecular weight excluding hydrogens is 374 g/mol. The van der Waals surface area contributed by atoms with E-state index in [2.05, 4.69) is 41.3 Å². The minimum Gasteiger partial charge on any atom is -0.342 e. The standard InChI is InChI=1S/C25H37N3O2/c1-26(2)19-24(29)27(3)23(18-20-10-6-4-7-11-20)21-14-16-28(17-15-21)25(30)22-12-8-5-9-13-22/h4-8,10-11,21-23H,9,12-19H2,1-3H3/t22-,23+/m1/s1. The van der Waals surface area contributed by atoms with Crippen LogP contribution in [0, 0.1) is 11.8 Å². The fourth-order valence-corrected chi connectivity index (χ4v) is 4.82. The van der Waals surface area contributed by atoms with Crippen LogP contribution in [0.25, 0.3) is 0 Å². The van der Waals surface area contributed by atoms with Crippen molar-refractivity contribution in [2.75, 3.05) is 40.8 Å². The molecule has 1 heterocycles. The van der Waals surface area contributed by atoms with Crippen molar-refractivity contribution in [3.05, 3.63) is 48.0 Å². The zero-order valence-electron chi connectivity index (χ0n) is 18.8. The summed E-state index contributed by atoms with van der Waals surface area (Å²) >= 11 is 0. The normalized spacial score (nSPS) is 20.9. The Bertz CT molecular complexity index is 723. The molecule has 0 unspecified atom stereocenters. The van der Waals surface area contributed by atoms with Gasteiger partial charge in [-0.05, 0) is 64.1 Å². The monoisotopic (exact) mass is 411 g/mol. The van der Waals surface area contributed by atoms with Crippen LogP contribution in [-0.2, 0) is 16.0 Å². The van der Waals surface area contributed by atoms with E-state index >= 15 is 0 Å². The highest BCUT2D eigenvalue weighted by molar-refractivity contribution is 5.79. The Kier molecular flexibility index (Phi) is 8.08. The van der Waals surface area contributed by atoms with Crippen molar-refractivity contribution >= 4 is 11.8 Å². The van der Waals surface area contributed by atoms with Crippen LogP contribution in [0.5, 0.6) is 0 Å². The number of benzene rings is 1. The lowest BCUT2D eigenvalue weighted by Crippen LogP contribution is -2.50. The highest BCUT2D eigenvalue weighted by Gasteiger charge is 2.34. The molecule has 0 saturated carbocycles. The number of likely N-dealkylation sites (N-methyl/N-ethyl adjacent to an activating group) is 2. The highest BCUT2D eigenvalue weighted by atomic mass is 16.2. The molecule has 1 saturated heterocycles. The van der Waals surface area contributed by atoms with Gasteiger partial charge < -0.3 is 14.7 Å². The second-order valence-corrected chi connectivity index (χ2v) is 9.14. The first-order valence-corrected chi connectivity index (χ1v) is 11.3. The van der Waals surface area contributed by atoms with Gasteiger partial charge in [0.05, 0.1) is 6.54 Å². The lowest BCUT2D eigenvalue weighted by molar-refractivity contribution is -0.139. The van der Waals surface area contributed by atoms with Crippen LogP contribution in [0.15, 0.2) is 42.5 Å². The molecule has 1 aromatic rings. The van der Waals surface area contributed by atoms with Crippen molar-refractivity contribution in [2.45, 2.75) is 44.6 Å². The quantitative estimate of drug-likeness (QED) is 0.647. The van der Waals surface area contributed by atoms with Gasteiger partial charge in [-0.3, -0.25) is 9.59 Å². The molecule has 0 aromatic heterocycles. The van der Waals surface area contributed by atoms with E-state index < -0.39 is 0 Å². The molecule has 5 heteroatoms. The van der Waals surface area contributed by atoms with Crippen molar-refractivity contribution in [1.29, 1.82) is 0 Å². The molecule has 0 spiro atoms. The van der Waals surface area contributed by atoms with Crippen molar-refractivity contribution in [2.24, 2.45) is 11.8 Å². The molecule has 1 aliphatic carbocycles. The maximum Gasteiger partial charge on any atom is 0.236 e. The Labute approximate surface area is 181 Å². The number of hydrogen-bond acceptors (Lipinski definition) is 3. The smallest absolute Gasteiger partial charge is 0.236 e. The maximum absolute atomic E-state index is 12.9. The minimum atomic E-state index is 0.161. The predicted molar refractivity (Wildman–Crippen MR) is 121 cm³/mol. The van der Waals surface area contributed by atoms with Gasteiger partial charge in [0.2, 0.25) is 11.8 Å². The third-order valence-electron chi connectivity index (χ3n) is 6.64. The molecule has 0 bridgehead atoms. The van der Waals surface area contributed by atoms with Crippen LogP contribution in [-0.4, -0.2) is 73.3 Å². The zero-order valence-corrected chi connectivity index (χ0v) is 18.8. The summed E-state index contributed by atoms with van der Waals surface area (Å²) in [5.41, 5.74) is 1.26. The van der Waals surface area contributed by atoms with Crippen molar-refractivity contribution in [1.82, 2.24) is 14.7 Å². The largest absolute Gasteiger partial charge is 0.342 e. The van der Waals surface area contributed by atoms with Crippen LogP contribution in [0.2, 0.25) is 0 Å². The molecule has 1 fully saturated rings. The topological polar surface area (TPSA) is 43.9 Å². The van der Waals surface area contributed by atoms with Gasteiger partial charge in [0.15, 0.2) is 0 Å². The average Bonchev–Trinajstić information content (AvgIpc) is 2.77. The zero-order chi connectivity index (χ0) is 21.5. The number of amides is 2. The Morgan fingerprint density at radius 2 is 1.73 bits per heavy atom. The Morgan fingerprint density at radius 1 is 1.03 bits per heavy atom. The van der Waals surface area contributed by atoms with Gasteiger partial charge in [0.25, 0.3) is 0 Å². The van der Waals surface area contributed by atoms with Crippen LogP contribution in [0.1, 0.15) is 37.7 Å². The summed E-state index contributed by atoms with van der Waals surface area (Å²) in [5.74, 6) is 1.07. The minimum absolute atomic E-state index is 0.161. The van der Waals surface area contributed by atoms with E-state index in [0.717, 1.165) is 51.6 Å². The first-order chi connectivity index (χ1) is 14.5. The average molecular weight is 412 g/mol. The fourth-order valence-electron chi connectivity index (χ4n) is 4.82. The predicted octanol–water partition coefficient (Wildman–Crippen LogP) is 3.21. The number of nitrogens with zero attached hydrogens (tertiary/aromatic N) is 3. The Balaban J connectivity index is 1.65. The molecule has 1 aliphatic heterocycles. The van der Waals surface area contributed by atoms with Gasteiger partial charge in [-0.15, -0.1) is 0 Å². The molecule has 2 atom stereocenters. The van der Waals surface area contributed by atoms with Crippen molar-refractivity contribution in [3.8, 4) is 0 Å². The summed E-state index contributed by atoms with van der Waals surface area (Å²) in [5, 5.41) is 0. The number of carbonyl (C=O) groups excluding carboxylic acids is 2. The molecular formula is C25H37N3O2. The van der Waals surface area contributed by atoms with Crippen LogP contribution >= 0.6 is 0 Å². The lowest BCUT2D eigenvalue weighted by atomic mass is 9.84. The number of hydrogen-bond donors (Lipinski definition) is 0. The molecule has 2 aliphatic rings. The number of allylic oxidation sites excluding steroid dienone is 2. The molecule has 30 heavy (non-hydrogen) atoms. The SMILES string of the molecule is CN(C)CC(=O)N(C)[C@@H](Cc1ccccc1)C1CCN(C(=O)[C@@H]2CC=CCC2)CC1. The summed E-state index contributed by atoms with van der Waals surface area (Å²) in [4.78, 5) is 31.7. The number of rotatable bonds is 7. The van der Waals surface area contributed by atoms with E-state index in [4.69, 9.17) is 0 Å². The summed E-state index contributed by atoms with van der Waals surface area (Å²) in [7, 11) is 5.82. The number of likely N-dealkylation sites (tertiary alicyclic amines) is 1. The van der Waals surface area contributed by atoms with Gasteiger partial charge in [-0.1, -0.05) is 42.5 Å². The molecule has 0 N–H and O–H groups in total. The van der Waals surface area contributed by atoms with E-state index in [1.165, 1.54) is 5.56 Å². The van der Waals surface area contributed by atoms with E-state index in [1.807, 2.05) is 37.0 Å². The Morgan fingerprint density at radius 3 is 2.33 bits per heavy atom. The third-order valence-corrected chi connectivity index (χ3v) is 6.64. The summed E-state index contributed by atoms with van der Waals surface area (Å²) in [6.07, 6.45) is 10.0. The van der Waals surface area contributed by atoms with E-state index in [9.17, 15) is 9.59 Å². The van der Waals surface area contributed by atoms with Gasteiger partial charge in [0.1, 0.15) is 0 Å². The summed E-state index contributed by atoms with van der Waals surface area (Å²) < 4.78 is 0. The number of piperidine rings is 1. The molecule has 0 radical (unpaired) electrons. The lowest BCUT2D eigenvalue weighted by Gasteiger charge is -2.41. The van der Waals surface area contributed by atoms with Crippen LogP contribution < -0.4 is 0 Å². The van der Waals surface area contributed by atoms with Gasteiger partial charge in [-0.2, -0.15) is 0 Å². The van der Waals surface area contributed by atoms with Crippen LogP contribution in [0.3, 0.4) is 0 Å². The molecule has 2 amide bonds. The first-order valence-electron chi connectivity index (χ1n) is 11.3. The van der Waals surface area contributed by atoms with Crippen molar-refractivity contribution < 1.29 is 9.59 Å². The second kappa shape index (κ2) is 10.8. The molecule has 1 aromatic carbocycles. The second-order valence-electron chi connectivity index (χ2n) is 9.14. The summed E-state index contributed by atoms with van der Waals surface area (Å²) in [6.45, 7) is 2.05. The highest BCUT2D eigenvalue weighted by Crippen LogP contribution is 2.29. The van der Waals surface area contributed by atoms with Crippen molar-refractivity contribution in [3.63, 3.8) is 0 Å².